The highest BCUT2D eigenvalue weighted by Gasteiger charge is 2.70. The van der Waals surface area contributed by atoms with Crippen LogP contribution in [0.3, 0.4) is 0 Å². The number of amides is 1. The van der Waals surface area contributed by atoms with Crippen LogP contribution in [0.15, 0.2) is 29.4 Å². The van der Waals surface area contributed by atoms with E-state index in [4.69, 9.17) is 0 Å². The molecule has 1 aromatic carbocycles. The van der Waals surface area contributed by atoms with Crippen LogP contribution in [0.2, 0.25) is 0 Å². The van der Waals surface area contributed by atoms with Crippen molar-refractivity contribution >= 4 is 17.8 Å². The van der Waals surface area contributed by atoms with Crippen LogP contribution >= 0.6 is 0 Å². The largest absolute Gasteiger partial charge is 0.378 e. The molecule has 0 spiro atoms. The number of hydrogen-bond acceptors (Lipinski definition) is 3. The Bertz CT molecular complexity index is 615. The lowest BCUT2D eigenvalue weighted by Crippen LogP contribution is -2.25. The minimum absolute atomic E-state index is 0.130. The maximum absolute atomic E-state index is 12.4. The van der Waals surface area contributed by atoms with Crippen molar-refractivity contribution in [2.24, 2.45) is 28.3 Å². The van der Waals surface area contributed by atoms with E-state index in [0.717, 1.165) is 29.5 Å². The maximum Gasteiger partial charge on any atom is 0.243 e. The van der Waals surface area contributed by atoms with Gasteiger partial charge in [-0.25, -0.2) is 5.43 Å². The lowest BCUT2D eigenvalue weighted by atomic mass is 9.91. The smallest absolute Gasteiger partial charge is 0.243 e. The molecule has 3 fully saturated rings. The number of nitrogens with zero attached hydrogens (tertiary/aromatic N) is 2. The molecule has 1 aromatic rings. The molecule has 4 heteroatoms. The van der Waals surface area contributed by atoms with Gasteiger partial charge in [-0.15, -0.1) is 0 Å². The Morgan fingerprint density at radius 3 is 2.30 bits per heavy atom. The second-order valence-electron chi connectivity index (χ2n) is 7.64. The Hall–Kier alpha value is -1.84. The molecule has 1 N–H and O–H groups in total. The lowest BCUT2D eigenvalue weighted by Gasteiger charge is -2.14. The molecule has 1 amide bonds. The van der Waals surface area contributed by atoms with Crippen LogP contribution in [0.5, 0.6) is 0 Å². The zero-order valence-corrected chi connectivity index (χ0v) is 14.0. The Balaban J connectivity index is 1.33. The monoisotopic (exact) mass is 311 g/mol. The molecular weight excluding hydrogens is 286 g/mol. The average Bonchev–Trinajstić information content (AvgIpc) is 3.38. The van der Waals surface area contributed by atoms with Gasteiger partial charge in [0.05, 0.1) is 6.21 Å². The fraction of sp³-hybridized carbons (Fsp3) is 0.579. The Kier molecular flexibility index (Phi) is 3.43. The number of benzene rings is 1. The first-order valence-electron chi connectivity index (χ1n) is 8.71. The molecule has 3 aliphatic rings. The minimum atomic E-state index is 0.130. The van der Waals surface area contributed by atoms with Crippen molar-refractivity contribution in [2.45, 2.75) is 32.1 Å². The number of carbonyl (C=O) groups is 1. The van der Waals surface area contributed by atoms with E-state index in [1.807, 2.05) is 26.2 Å². The van der Waals surface area contributed by atoms with Crippen LogP contribution in [0.1, 0.15) is 37.7 Å². The van der Waals surface area contributed by atoms with Gasteiger partial charge in [0.1, 0.15) is 0 Å². The van der Waals surface area contributed by atoms with Crippen molar-refractivity contribution in [1.82, 2.24) is 5.43 Å². The van der Waals surface area contributed by atoms with E-state index in [1.165, 1.54) is 25.7 Å². The van der Waals surface area contributed by atoms with Gasteiger partial charge in [0.25, 0.3) is 0 Å². The number of anilines is 1. The summed E-state index contributed by atoms with van der Waals surface area (Å²) >= 11 is 0. The van der Waals surface area contributed by atoms with Crippen LogP contribution in [-0.2, 0) is 4.79 Å². The predicted octanol–water partition coefficient (Wildman–Crippen LogP) is 3.03. The van der Waals surface area contributed by atoms with Crippen LogP contribution in [0.4, 0.5) is 5.69 Å². The average molecular weight is 311 g/mol. The van der Waals surface area contributed by atoms with E-state index in [-0.39, 0.29) is 11.8 Å². The number of carbonyl (C=O) groups excluding carboxylic acids is 1. The van der Waals surface area contributed by atoms with Crippen molar-refractivity contribution in [3.63, 3.8) is 0 Å². The molecule has 1 unspecified atom stereocenters. The molecule has 122 valence electrons. The normalized spacial score (nSPS) is 25.4. The summed E-state index contributed by atoms with van der Waals surface area (Å²) in [5, 5.41) is 4.16. The SMILES string of the molecule is CN(C)c1ccc(/C=N/NC(=O)C2CC2(C2CC2)C2CC2)cc1. The molecule has 0 saturated heterocycles. The number of hydrazone groups is 1. The van der Waals surface area contributed by atoms with Gasteiger partial charge in [-0.05, 0) is 67.1 Å². The summed E-state index contributed by atoms with van der Waals surface area (Å²) in [4.78, 5) is 14.4. The van der Waals surface area contributed by atoms with E-state index in [2.05, 4.69) is 27.6 Å². The molecule has 0 heterocycles. The van der Waals surface area contributed by atoms with E-state index < -0.39 is 0 Å². The third kappa shape index (κ3) is 2.75. The van der Waals surface area contributed by atoms with E-state index in [0.29, 0.717) is 5.41 Å². The van der Waals surface area contributed by atoms with Gasteiger partial charge in [-0.1, -0.05) is 12.1 Å². The zero-order chi connectivity index (χ0) is 16.0. The van der Waals surface area contributed by atoms with Crippen molar-refractivity contribution in [3.8, 4) is 0 Å². The standard InChI is InChI=1S/C19H25N3O/c1-22(2)16-9-3-13(4-10-16)12-20-21-18(23)17-11-19(17,14-5-6-14)15-7-8-15/h3-4,9-10,12,14-15,17H,5-8,11H2,1-2H3,(H,21,23)/b20-12+. The Morgan fingerprint density at radius 2 is 1.78 bits per heavy atom. The predicted molar refractivity (Wildman–Crippen MR) is 92.5 cm³/mol. The topological polar surface area (TPSA) is 44.7 Å². The summed E-state index contributed by atoms with van der Waals surface area (Å²) in [6.45, 7) is 0. The van der Waals surface area contributed by atoms with E-state index in [9.17, 15) is 4.79 Å². The molecule has 1 atom stereocenters. The molecule has 0 radical (unpaired) electrons. The molecule has 3 saturated carbocycles. The van der Waals surface area contributed by atoms with E-state index in [1.54, 1.807) is 6.21 Å². The van der Waals surface area contributed by atoms with Crippen molar-refractivity contribution < 1.29 is 4.79 Å². The summed E-state index contributed by atoms with van der Waals surface area (Å²) in [5.41, 5.74) is 5.30. The summed E-state index contributed by atoms with van der Waals surface area (Å²) < 4.78 is 0. The molecule has 0 bridgehead atoms. The fourth-order valence-electron chi connectivity index (χ4n) is 4.22. The highest BCUT2D eigenvalue weighted by molar-refractivity contribution is 5.85. The number of hydrogen-bond donors (Lipinski definition) is 1. The molecule has 4 rings (SSSR count). The van der Waals surface area contributed by atoms with E-state index >= 15 is 0 Å². The van der Waals surface area contributed by atoms with Crippen LogP contribution < -0.4 is 10.3 Å². The van der Waals surface area contributed by atoms with Crippen LogP contribution in [-0.4, -0.2) is 26.2 Å². The lowest BCUT2D eigenvalue weighted by molar-refractivity contribution is -0.123. The quantitative estimate of drug-likeness (QED) is 0.648. The maximum atomic E-state index is 12.4. The first kappa shape index (κ1) is 14.7. The highest BCUT2D eigenvalue weighted by atomic mass is 16.2. The zero-order valence-electron chi connectivity index (χ0n) is 14.0. The van der Waals surface area contributed by atoms with Gasteiger partial charge in [0, 0.05) is 25.7 Å². The number of nitrogens with one attached hydrogen (secondary N) is 1. The second kappa shape index (κ2) is 5.36. The molecule has 23 heavy (non-hydrogen) atoms. The van der Waals surface area contributed by atoms with Crippen molar-refractivity contribution in [1.29, 1.82) is 0 Å². The minimum Gasteiger partial charge on any atom is -0.378 e. The third-order valence-electron chi connectivity index (χ3n) is 5.84. The molecule has 0 aliphatic heterocycles. The Morgan fingerprint density at radius 1 is 1.17 bits per heavy atom. The van der Waals surface area contributed by atoms with Gasteiger partial charge >= 0.3 is 0 Å². The van der Waals surface area contributed by atoms with Crippen molar-refractivity contribution in [3.05, 3.63) is 29.8 Å². The van der Waals surface area contributed by atoms with Gasteiger partial charge in [0.15, 0.2) is 0 Å². The fourth-order valence-corrected chi connectivity index (χ4v) is 4.22. The second-order valence-corrected chi connectivity index (χ2v) is 7.64. The summed E-state index contributed by atoms with van der Waals surface area (Å²) in [6.07, 6.45) is 8.17. The molecular formula is C19H25N3O. The third-order valence-corrected chi connectivity index (χ3v) is 5.84. The number of rotatable bonds is 6. The molecule has 3 aliphatic carbocycles. The van der Waals surface area contributed by atoms with Gasteiger partial charge in [0.2, 0.25) is 5.91 Å². The Labute approximate surface area is 137 Å². The van der Waals surface area contributed by atoms with Crippen LogP contribution in [0, 0.1) is 23.2 Å². The van der Waals surface area contributed by atoms with Gasteiger partial charge in [-0.2, -0.15) is 5.10 Å². The first-order chi connectivity index (χ1) is 11.1. The van der Waals surface area contributed by atoms with Crippen LogP contribution in [0.25, 0.3) is 0 Å². The summed E-state index contributed by atoms with van der Waals surface area (Å²) in [6, 6.07) is 8.13. The molecule has 4 nitrogen and oxygen atoms in total. The van der Waals surface area contributed by atoms with Gasteiger partial charge in [-0.3, -0.25) is 4.79 Å². The summed E-state index contributed by atoms with van der Waals surface area (Å²) in [7, 11) is 4.04. The highest BCUT2D eigenvalue weighted by Crippen LogP contribution is 2.74. The molecule has 0 aromatic heterocycles. The van der Waals surface area contributed by atoms with Gasteiger partial charge < -0.3 is 4.90 Å². The first-order valence-corrected chi connectivity index (χ1v) is 8.71. The summed E-state index contributed by atoms with van der Waals surface area (Å²) in [5.74, 6) is 2.00. The van der Waals surface area contributed by atoms with Crippen molar-refractivity contribution in [2.75, 3.05) is 19.0 Å².